The summed E-state index contributed by atoms with van der Waals surface area (Å²) in [5.41, 5.74) is 0. The van der Waals surface area contributed by atoms with E-state index in [2.05, 4.69) is 17.1 Å². The summed E-state index contributed by atoms with van der Waals surface area (Å²) in [5, 5.41) is 3.68. The maximum atomic E-state index is 3.68. The Morgan fingerprint density at radius 3 is 2.39 bits per heavy atom. The lowest BCUT2D eigenvalue weighted by atomic mass is 9.97. The van der Waals surface area contributed by atoms with Crippen LogP contribution in [0.1, 0.15) is 58.3 Å². The van der Waals surface area contributed by atoms with Crippen molar-refractivity contribution in [2.45, 2.75) is 70.4 Å². The lowest BCUT2D eigenvalue weighted by Crippen LogP contribution is -2.45. The Morgan fingerprint density at radius 1 is 1.00 bits per heavy atom. The molecule has 0 radical (unpaired) electrons. The summed E-state index contributed by atoms with van der Waals surface area (Å²) in [5.74, 6) is 2.03. The molecule has 2 aliphatic carbocycles. The first-order valence-corrected chi connectivity index (χ1v) is 8.30. The molecule has 0 spiro atoms. The molecule has 2 unspecified atom stereocenters. The fourth-order valence-corrected chi connectivity index (χ4v) is 3.97. The molecule has 1 aliphatic heterocycles. The zero-order valence-corrected chi connectivity index (χ0v) is 12.0. The Morgan fingerprint density at radius 2 is 1.78 bits per heavy atom. The first kappa shape index (κ1) is 12.9. The van der Waals surface area contributed by atoms with Crippen LogP contribution in [0.25, 0.3) is 0 Å². The summed E-state index contributed by atoms with van der Waals surface area (Å²) in [6, 6.07) is 1.61. The maximum Gasteiger partial charge on any atom is 0.0195 e. The highest BCUT2D eigenvalue weighted by atomic mass is 15.2. The second-order valence-corrected chi connectivity index (χ2v) is 6.98. The first-order valence-electron chi connectivity index (χ1n) is 8.30. The SMILES string of the molecule is CC(C1CCCC1)N(CC1CC1)CC1CCCN1. The average molecular weight is 250 g/mol. The summed E-state index contributed by atoms with van der Waals surface area (Å²) in [6.07, 6.45) is 11.7. The fourth-order valence-electron chi connectivity index (χ4n) is 3.97. The van der Waals surface area contributed by atoms with Crippen molar-refractivity contribution >= 4 is 0 Å². The standard InChI is InChI=1S/C16H30N2/c1-13(15-5-2-3-6-15)18(11-14-8-9-14)12-16-7-4-10-17-16/h13-17H,2-12H2,1H3. The molecule has 2 nitrogen and oxygen atoms in total. The molecule has 2 heteroatoms. The van der Waals surface area contributed by atoms with Crippen LogP contribution in [0.5, 0.6) is 0 Å². The van der Waals surface area contributed by atoms with Crippen LogP contribution in [0.15, 0.2) is 0 Å². The van der Waals surface area contributed by atoms with E-state index < -0.39 is 0 Å². The minimum atomic E-state index is 0.785. The van der Waals surface area contributed by atoms with Crippen molar-refractivity contribution < 1.29 is 0 Å². The molecule has 0 bridgehead atoms. The van der Waals surface area contributed by atoms with Crippen molar-refractivity contribution in [2.24, 2.45) is 11.8 Å². The van der Waals surface area contributed by atoms with Gasteiger partial charge in [-0.3, -0.25) is 4.90 Å². The Hall–Kier alpha value is -0.0800. The van der Waals surface area contributed by atoms with Gasteiger partial charge in [0.25, 0.3) is 0 Å². The number of hydrogen-bond donors (Lipinski definition) is 1. The maximum absolute atomic E-state index is 3.68. The van der Waals surface area contributed by atoms with E-state index in [1.807, 2.05) is 0 Å². The highest BCUT2D eigenvalue weighted by molar-refractivity contribution is 4.88. The molecule has 2 atom stereocenters. The van der Waals surface area contributed by atoms with Crippen LogP contribution in [0.4, 0.5) is 0 Å². The average Bonchev–Trinajstić information content (AvgIpc) is 2.88. The third kappa shape index (κ3) is 3.27. The van der Waals surface area contributed by atoms with Gasteiger partial charge in [0.1, 0.15) is 0 Å². The summed E-state index contributed by atoms with van der Waals surface area (Å²) < 4.78 is 0. The molecule has 0 aromatic rings. The van der Waals surface area contributed by atoms with Crippen molar-refractivity contribution in [3.05, 3.63) is 0 Å². The highest BCUT2D eigenvalue weighted by Gasteiger charge is 2.32. The summed E-state index contributed by atoms with van der Waals surface area (Å²) in [6.45, 7) is 6.46. The van der Waals surface area contributed by atoms with Crippen LogP contribution >= 0.6 is 0 Å². The van der Waals surface area contributed by atoms with Gasteiger partial charge in [-0.1, -0.05) is 12.8 Å². The predicted octanol–water partition coefficient (Wildman–Crippen LogP) is 3.03. The second-order valence-electron chi connectivity index (χ2n) is 6.98. The van der Waals surface area contributed by atoms with Gasteiger partial charge in [-0.2, -0.15) is 0 Å². The highest BCUT2D eigenvalue weighted by Crippen LogP contribution is 2.34. The Kier molecular flexibility index (Phi) is 4.25. The molecule has 18 heavy (non-hydrogen) atoms. The van der Waals surface area contributed by atoms with Crippen molar-refractivity contribution in [2.75, 3.05) is 19.6 Å². The van der Waals surface area contributed by atoms with E-state index >= 15 is 0 Å². The molecule has 3 rings (SSSR count). The topological polar surface area (TPSA) is 15.3 Å². The largest absolute Gasteiger partial charge is 0.313 e. The third-order valence-electron chi connectivity index (χ3n) is 5.46. The van der Waals surface area contributed by atoms with Gasteiger partial charge in [0.15, 0.2) is 0 Å². The Bertz CT molecular complexity index is 250. The minimum Gasteiger partial charge on any atom is -0.313 e. The van der Waals surface area contributed by atoms with Crippen molar-refractivity contribution in [1.82, 2.24) is 10.2 Å². The summed E-state index contributed by atoms with van der Waals surface area (Å²) in [4.78, 5) is 2.84. The van der Waals surface area contributed by atoms with Crippen LogP contribution in [0.2, 0.25) is 0 Å². The summed E-state index contributed by atoms with van der Waals surface area (Å²) in [7, 11) is 0. The van der Waals surface area contributed by atoms with Gasteiger partial charge >= 0.3 is 0 Å². The van der Waals surface area contributed by atoms with E-state index in [0.717, 1.165) is 23.9 Å². The van der Waals surface area contributed by atoms with Crippen molar-refractivity contribution in [3.63, 3.8) is 0 Å². The molecule has 1 N–H and O–H groups in total. The van der Waals surface area contributed by atoms with Gasteiger partial charge in [0.2, 0.25) is 0 Å². The molecule has 0 amide bonds. The predicted molar refractivity (Wildman–Crippen MR) is 76.7 cm³/mol. The quantitative estimate of drug-likeness (QED) is 0.779. The molecule has 1 saturated heterocycles. The van der Waals surface area contributed by atoms with Gasteiger partial charge in [-0.15, -0.1) is 0 Å². The van der Waals surface area contributed by atoms with E-state index in [1.165, 1.54) is 71.0 Å². The monoisotopic (exact) mass is 250 g/mol. The van der Waals surface area contributed by atoms with Crippen LogP contribution in [-0.4, -0.2) is 36.6 Å². The first-order chi connectivity index (χ1) is 8.83. The van der Waals surface area contributed by atoms with Crippen LogP contribution in [-0.2, 0) is 0 Å². The van der Waals surface area contributed by atoms with Crippen LogP contribution < -0.4 is 5.32 Å². The van der Waals surface area contributed by atoms with E-state index in [4.69, 9.17) is 0 Å². The molecule has 2 saturated carbocycles. The Balaban J connectivity index is 1.55. The van der Waals surface area contributed by atoms with Gasteiger partial charge in [0.05, 0.1) is 0 Å². The molecule has 104 valence electrons. The van der Waals surface area contributed by atoms with E-state index in [-0.39, 0.29) is 0 Å². The van der Waals surface area contributed by atoms with Gasteiger partial charge in [-0.25, -0.2) is 0 Å². The normalized spacial score (nSPS) is 31.3. The van der Waals surface area contributed by atoms with Crippen molar-refractivity contribution in [3.8, 4) is 0 Å². The third-order valence-corrected chi connectivity index (χ3v) is 5.46. The molecule has 3 fully saturated rings. The smallest absolute Gasteiger partial charge is 0.0195 e. The zero-order chi connectivity index (χ0) is 12.4. The van der Waals surface area contributed by atoms with Gasteiger partial charge < -0.3 is 5.32 Å². The Labute approximate surface area is 113 Å². The molecular weight excluding hydrogens is 220 g/mol. The molecule has 3 aliphatic rings. The van der Waals surface area contributed by atoms with Crippen LogP contribution in [0.3, 0.4) is 0 Å². The van der Waals surface area contributed by atoms with Crippen LogP contribution in [0, 0.1) is 11.8 Å². The zero-order valence-electron chi connectivity index (χ0n) is 12.0. The second kappa shape index (κ2) is 5.92. The number of nitrogens with one attached hydrogen (secondary N) is 1. The molecule has 0 aromatic heterocycles. The molecule has 0 aromatic carbocycles. The van der Waals surface area contributed by atoms with E-state index in [1.54, 1.807) is 0 Å². The lowest BCUT2D eigenvalue weighted by Gasteiger charge is -2.35. The fraction of sp³-hybridized carbons (Fsp3) is 1.00. The minimum absolute atomic E-state index is 0.785. The molecular formula is C16H30N2. The van der Waals surface area contributed by atoms with Gasteiger partial charge in [0, 0.05) is 25.2 Å². The summed E-state index contributed by atoms with van der Waals surface area (Å²) >= 11 is 0. The number of hydrogen-bond acceptors (Lipinski definition) is 2. The van der Waals surface area contributed by atoms with E-state index in [0.29, 0.717) is 0 Å². The van der Waals surface area contributed by atoms with E-state index in [9.17, 15) is 0 Å². The van der Waals surface area contributed by atoms with Crippen molar-refractivity contribution in [1.29, 1.82) is 0 Å². The number of rotatable bonds is 6. The van der Waals surface area contributed by atoms with Gasteiger partial charge in [-0.05, 0) is 63.8 Å². The number of nitrogens with zero attached hydrogens (tertiary/aromatic N) is 1. The molecule has 1 heterocycles. The lowest BCUT2D eigenvalue weighted by molar-refractivity contribution is 0.137.